The largest absolute Gasteiger partial charge is 0.469 e. The van der Waals surface area contributed by atoms with E-state index in [9.17, 15) is 4.79 Å². The van der Waals surface area contributed by atoms with Crippen LogP contribution in [0.2, 0.25) is 0 Å². The van der Waals surface area contributed by atoms with E-state index in [1.54, 1.807) is 0 Å². The Balaban J connectivity index is 3.05. The Labute approximate surface area is 73.4 Å². The van der Waals surface area contributed by atoms with E-state index >= 15 is 0 Å². The van der Waals surface area contributed by atoms with Crippen molar-refractivity contribution < 1.29 is 14.3 Å². The molecule has 0 rings (SSSR count). The smallest absolute Gasteiger partial charge is 0.307 e. The standard InChI is InChI=1S/C8H17NO3/c1-9(2)5-7-12-6-4-8(10)11-3/h4-7H2,1-3H3. The Morgan fingerprint density at radius 2 is 2.00 bits per heavy atom. The summed E-state index contributed by atoms with van der Waals surface area (Å²) in [6, 6.07) is 0. The van der Waals surface area contributed by atoms with Crippen LogP contribution in [0.25, 0.3) is 0 Å². The molecule has 0 N–H and O–H groups in total. The third-order valence-corrected chi connectivity index (χ3v) is 1.36. The molecule has 0 radical (unpaired) electrons. The van der Waals surface area contributed by atoms with E-state index in [1.807, 2.05) is 19.0 Å². The summed E-state index contributed by atoms with van der Waals surface area (Å²) in [5.41, 5.74) is 0. The first-order valence-electron chi connectivity index (χ1n) is 3.96. The van der Waals surface area contributed by atoms with Crippen molar-refractivity contribution in [1.82, 2.24) is 4.90 Å². The third kappa shape index (κ3) is 7.50. The highest BCUT2D eigenvalue weighted by Gasteiger charge is 1.98. The molecule has 0 saturated heterocycles. The van der Waals surface area contributed by atoms with E-state index in [0.717, 1.165) is 6.54 Å². The maximum Gasteiger partial charge on any atom is 0.307 e. The lowest BCUT2D eigenvalue weighted by molar-refractivity contribution is -0.141. The normalized spacial score (nSPS) is 10.3. The first-order chi connectivity index (χ1) is 5.66. The molecule has 0 saturated carbocycles. The lowest BCUT2D eigenvalue weighted by Crippen LogP contribution is -2.18. The van der Waals surface area contributed by atoms with E-state index in [0.29, 0.717) is 19.6 Å². The van der Waals surface area contributed by atoms with Crippen molar-refractivity contribution in [3.8, 4) is 0 Å². The Morgan fingerprint density at radius 3 is 2.50 bits per heavy atom. The molecule has 0 bridgehead atoms. The van der Waals surface area contributed by atoms with Gasteiger partial charge in [-0.2, -0.15) is 0 Å². The molecule has 0 aromatic carbocycles. The van der Waals surface area contributed by atoms with Gasteiger partial charge in [0.1, 0.15) is 0 Å². The van der Waals surface area contributed by atoms with Crippen molar-refractivity contribution in [2.75, 3.05) is 41.0 Å². The average molecular weight is 175 g/mol. The minimum atomic E-state index is -0.222. The van der Waals surface area contributed by atoms with Gasteiger partial charge >= 0.3 is 5.97 Å². The fourth-order valence-corrected chi connectivity index (χ4v) is 0.607. The minimum absolute atomic E-state index is 0.222. The van der Waals surface area contributed by atoms with Gasteiger partial charge < -0.3 is 14.4 Å². The molecule has 0 fully saturated rings. The van der Waals surface area contributed by atoms with Crippen LogP contribution < -0.4 is 0 Å². The zero-order valence-electron chi connectivity index (χ0n) is 8.00. The number of hydrogen-bond acceptors (Lipinski definition) is 4. The van der Waals surface area contributed by atoms with E-state index < -0.39 is 0 Å². The van der Waals surface area contributed by atoms with E-state index in [2.05, 4.69) is 4.74 Å². The summed E-state index contributed by atoms with van der Waals surface area (Å²) in [6.45, 7) is 1.98. The predicted molar refractivity (Wildman–Crippen MR) is 46.0 cm³/mol. The van der Waals surface area contributed by atoms with Gasteiger partial charge in [-0.25, -0.2) is 0 Å². The van der Waals surface area contributed by atoms with Gasteiger partial charge in [0.05, 0.1) is 26.7 Å². The molecule has 0 aliphatic rings. The number of likely N-dealkylation sites (N-methyl/N-ethyl adjacent to an activating group) is 1. The summed E-state index contributed by atoms with van der Waals surface area (Å²) in [7, 11) is 5.33. The average Bonchev–Trinajstić information content (AvgIpc) is 2.03. The van der Waals surface area contributed by atoms with E-state index in [-0.39, 0.29) is 5.97 Å². The Kier molecular flexibility index (Phi) is 6.70. The van der Waals surface area contributed by atoms with Gasteiger partial charge in [-0.3, -0.25) is 4.79 Å². The molecule has 4 heteroatoms. The maximum absolute atomic E-state index is 10.6. The van der Waals surface area contributed by atoms with Gasteiger partial charge in [0.2, 0.25) is 0 Å². The topological polar surface area (TPSA) is 38.8 Å². The molecule has 0 spiro atoms. The first-order valence-corrected chi connectivity index (χ1v) is 3.96. The summed E-state index contributed by atoms with van der Waals surface area (Å²) in [4.78, 5) is 12.6. The molecular weight excluding hydrogens is 158 g/mol. The van der Waals surface area contributed by atoms with Crippen LogP contribution >= 0.6 is 0 Å². The Hall–Kier alpha value is -0.610. The van der Waals surface area contributed by atoms with E-state index in [4.69, 9.17) is 4.74 Å². The van der Waals surface area contributed by atoms with Crippen molar-refractivity contribution in [3.05, 3.63) is 0 Å². The number of hydrogen-bond donors (Lipinski definition) is 0. The third-order valence-electron chi connectivity index (χ3n) is 1.36. The van der Waals surface area contributed by atoms with Gasteiger partial charge in [-0.05, 0) is 14.1 Å². The summed E-state index contributed by atoms with van der Waals surface area (Å²) in [5, 5.41) is 0. The summed E-state index contributed by atoms with van der Waals surface area (Å²) >= 11 is 0. The molecule has 0 heterocycles. The van der Waals surface area contributed by atoms with Crippen molar-refractivity contribution in [3.63, 3.8) is 0 Å². The molecule has 4 nitrogen and oxygen atoms in total. The quantitative estimate of drug-likeness (QED) is 0.425. The number of ether oxygens (including phenoxy) is 2. The fourth-order valence-electron chi connectivity index (χ4n) is 0.607. The molecule has 12 heavy (non-hydrogen) atoms. The zero-order chi connectivity index (χ0) is 9.40. The molecule has 0 unspecified atom stereocenters. The Bertz CT molecular complexity index is 125. The van der Waals surface area contributed by atoms with Crippen LogP contribution in [0, 0.1) is 0 Å². The molecular formula is C8H17NO3. The second-order valence-corrected chi connectivity index (χ2v) is 2.74. The first kappa shape index (κ1) is 11.4. The summed E-state index contributed by atoms with van der Waals surface area (Å²) in [5.74, 6) is -0.222. The van der Waals surface area contributed by atoms with Gasteiger partial charge in [-0.1, -0.05) is 0 Å². The highest BCUT2D eigenvalue weighted by Crippen LogP contribution is 1.86. The molecule has 0 aliphatic carbocycles. The van der Waals surface area contributed by atoms with Crippen molar-refractivity contribution in [2.24, 2.45) is 0 Å². The summed E-state index contributed by atoms with van der Waals surface area (Å²) in [6.07, 6.45) is 0.337. The maximum atomic E-state index is 10.6. The number of carbonyl (C=O) groups excluding carboxylic acids is 1. The minimum Gasteiger partial charge on any atom is -0.469 e. The van der Waals surface area contributed by atoms with Crippen LogP contribution in [0.1, 0.15) is 6.42 Å². The summed E-state index contributed by atoms with van der Waals surface area (Å²) < 4.78 is 9.62. The van der Waals surface area contributed by atoms with E-state index in [1.165, 1.54) is 7.11 Å². The number of methoxy groups -OCH3 is 1. The second-order valence-electron chi connectivity index (χ2n) is 2.74. The number of nitrogens with zero attached hydrogens (tertiary/aromatic N) is 1. The molecule has 72 valence electrons. The zero-order valence-corrected chi connectivity index (χ0v) is 8.00. The van der Waals surface area contributed by atoms with Crippen LogP contribution in [0.5, 0.6) is 0 Å². The molecule has 0 atom stereocenters. The van der Waals surface area contributed by atoms with Crippen LogP contribution in [0.15, 0.2) is 0 Å². The van der Waals surface area contributed by atoms with Crippen molar-refractivity contribution in [1.29, 1.82) is 0 Å². The SMILES string of the molecule is COC(=O)CCOCCN(C)C. The fraction of sp³-hybridized carbons (Fsp3) is 0.875. The van der Waals surface area contributed by atoms with Crippen LogP contribution in [-0.4, -0.2) is 51.8 Å². The van der Waals surface area contributed by atoms with Crippen molar-refractivity contribution in [2.45, 2.75) is 6.42 Å². The number of rotatable bonds is 6. The van der Waals surface area contributed by atoms with Gasteiger partial charge in [0, 0.05) is 6.54 Å². The second kappa shape index (κ2) is 7.06. The van der Waals surface area contributed by atoms with Gasteiger partial charge in [-0.15, -0.1) is 0 Å². The van der Waals surface area contributed by atoms with Crippen LogP contribution in [-0.2, 0) is 14.3 Å². The van der Waals surface area contributed by atoms with Crippen molar-refractivity contribution >= 4 is 5.97 Å². The van der Waals surface area contributed by atoms with Gasteiger partial charge in [0.15, 0.2) is 0 Å². The molecule has 0 amide bonds. The highest BCUT2D eigenvalue weighted by atomic mass is 16.5. The molecule has 0 aromatic rings. The lowest BCUT2D eigenvalue weighted by atomic mass is 10.5. The number of esters is 1. The molecule has 0 aliphatic heterocycles. The van der Waals surface area contributed by atoms with Gasteiger partial charge in [0.25, 0.3) is 0 Å². The van der Waals surface area contributed by atoms with Crippen LogP contribution in [0.3, 0.4) is 0 Å². The van der Waals surface area contributed by atoms with Crippen LogP contribution in [0.4, 0.5) is 0 Å². The highest BCUT2D eigenvalue weighted by molar-refractivity contribution is 5.69. The molecule has 0 aromatic heterocycles. The predicted octanol–water partition coefficient (Wildman–Crippen LogP) is 0.128. The lowest BCUT2D eigenvalue weighted by Gasteiger charge is -2.08. The number of carbonyl (C=O) groups is 1. The Morgan fingerprint density at radius 1 is 1.33 bits per heavy atom. The monoisotopic (exact) mass is 175 g/mol.